The average Bonchev–Trinajstić information content (AvgIpc) is 3.09. The third-order valence-corrected chi connectivity index (χ3v) is 2.98. The standard InChI is InChI=1S/C12H15ClN2O/c1-14-11-5-4-9(13)6-10(11)12(16)15-7-8-2-3-8/h4-6,8,14H,2-3,7H2,1H3,(H,15,16). The van der Waals surface area contributed by atoms with Gasteiger partial charge < -0.3 is 10.6 Å². The first-order valence-electron chi connectivity index (χ1n) is 5.46. The van der Waals surface area contributed by atoms with Crippen LogP contribution in [0.2, 0.25) is 5.02 Å². The molecule has 3 nitrogen and oxygen atoms in total. The predicted molar refractivity (Wildman–Crippen MR) is 66.1 cm³/mol. The van der Waals surface area contributed by atoms with E-state index < -0.39 is 0 Å². The Morgan fingerprint density at radius 3 is 2.88 bits per heavy atom. The molecule has 0 saturated heterocycles. The van der Waals surface area contributed by atoms with E-state index in [1.54, 1.807) is 19.2 Å². The monoisotopic (exact) mass is 238 g/mol. The molecule has 0 spiro atoms. The molecule has 16 heavy (non-hydrogen) atoms. The molecule has 2 rings (SSSR count). The highest BCUT2D eigenvalue weighted by molar-refractivity contribution is 6.31. The highest BCUT2D eigenvalue weighted by atomic mass is 35.5. The lowest BCUT2D eigenvalue weighted by Gasteiger charge is -2.09. The lowest BCUT2D eigenvalue weighted by Crippen LogP contribution is -2.26. The molecule has 0 radical (unpaired) electrons. The van der Waals surface area contributed by atoms with Crippen LogP contribution in [0.3, 0.4) is 0 Å². The molecule has 86 valence electrons. The number of rotatable bonds is 4. The first kappa shape index (κ1) is 11.3. The summed E-state index contributed by atoms with van der Waals surface area (Å²) in [4.78, 5) is 11.9. The van der Waals surface area contributed by atoms with Gasteiger partial charge in [-0.2, -0.15) is 0 Å². The zero-order valence-electron chi connectivity index (χ0n) is 9.22. The Bertz CT molecular complexity index is 402. The van der Waals surface area contributed by atoms with Crippen molar-refractivity contribution < 1.29 is 4.79 Å². The van der Waals surface area contributed by atoms with Crippen molar-refractivity contribution in [3.8, 4) is 0 Å². The van der Waals surface area contributed by atoms with E-state index in [2.05, 4.69) is 10.6 Å². The second-order valence-electron chi connectivity index (χ2n) is 4.09. The number of hydrogen-bond donors (Lipinski definition) is 2. The van der Waals surface area contributed by atoms with Gasteiger partial charge in [0.15, 0.2) is 0 Å². The molecule has 0 bridgehead atoms. The number of carbonyl (C=O) groups excluding carboxylic acids is 1. The molecule has 0 heterocycles. The minimum atomic E-state index is -0.0567. The Balaban J connectivity index is 2.09. The normalized spacial score (nSPS) is 14.6. The van der Waals surface area contributed by atoms with E-state index in [1.807, 2.05) is 6.07 Å². The predicted octanol–water partition coefficient (Wildman–Crippen LogP) is 2.52. The van der Waals surface area contributed by atoms with E-state index in [4.69, 9.17) is 11.6 Å². The molecule has 1 amide bonds. The van der Waals surface area contributed by atoms with Crippen LogP contribution in [0.5, 0.6) is 0 Å². The van der Waals surface area contributed by atoms with Gasteiger partial charge >= 0.3 is 0 Å². The second-order valence-corrected chi connectivity index (χ2v) is 4.53. The summed E-state index contributed by atoms with van der Waals surface area (Å²) in [5, 5.41) is 6.49. The molecule has 1 fully saturated rings. The summed E-state index contributed by atoms with van der Waals surface area (Å²) < 4.78 is 0. The van der Waals surface area contributed by atoms with Crippen molar-refractivity contribution in [3.05, 3.63) is 28.8 Å². The molecule has 0 aromatic heterocycles. The number of carbonyl (C=O) groups is 1. The van der Waals surface area contributed by atoms with Gasteiger partial charge in [0, 0.05) is 24.3 Å². The average molecular weight is 239 g/mol. The van der Waals surface area contributed by atoms with Crippen LogP contribution >= 0.6 is 11.6 Å². The maximum Gasteiger partial charge on any atom is 0.253 e. The van der Waals surface area contributed by atoms with Crippen molar-refractivity contribution in [1.29, 1.82) is 0 Å². The molecule has 0 aliphatic heterocycles. The molecule has 1 aliphatic carbocycles. The molecular weight excluding hydrogens is 224 g/mol. The molecule has 2 N–H and O–H groups in total. The van der Waals surface area contributed by atoms with Crippen LogP contribution in [0.25, 0.3) is 0 Å². The smallest absolute Gasteiger partial charge is 0.253 e. The highest BCUT2D eigenvalue weighted by Crippen LogP contribution is 2.28. The van der Waals surface area contributed by atoms with Crippen LogP contribution in [-0.4, -0.2) is 19.5 Å². The highest BCUT2D eigenvalue weighted by Gasteiger charge is 2.22. The van der Waals surface area contributed by atoms with Crippen molar-refractivity contribution in [3.63, 3.8) is 0 Å². The lowest BCUT2D eigenvalue weighted by atomic mass is 10.1. The van der Waals surface area contributed by atoms with E-state index >= 15 is 0 Å². The van der Waals surface area contributed by atoms with Crippen LogP contribution in [-0.2, 0) is 0 Å². The van der Waals surface area contributed by atoms with Crippen molar-refractivity contribution >= 4 is 23.2 Å². The molecular formula is C12H15ClN2O. The fraction of sp³-hybridized carbons (Fsp3) is 0.417. The first-order valence-corrected chi connectivity index (χ1v) is 5.84. The Morgan fingerprint density at radius 1 is 1.50 bits per heavy atom. The van der Waals surface area contributed by atoms with E-state index in [1.165, 1.54) is 12.8 Å². The van der Waals surface area contributed by atoms with Crippen LogP contribution in [0.15, 0.2) is 18.2 Å². The summed E-state index contributed by atoms with van der Waals surface area (Å²) in [6, 6.07) is 5.27. The van der Waals surface area contributed by atoms with Gasteiger partial charge in [-0.25, -0.2) is 0 Å². The van der Waals surface area contributed by atoms with Crippen LogP contribution in [0, 0.1) is 5.92 Å². The SMILES string of the molecule is CNc1ccc(Cl)cc1C(=O)NCC1CC1. The second kappa shape index (κ2) is 4.74. The molecule has 1 aromatic carbocycles. The number of benzene rings is 1. The Kier molecular flexibility index (Phi) is 3.34. The van der Waals surface area contributed by atoms with Gasteiger partial charge in [0.1, 0.15) is 0 Å². The fourth-order valence-electron chi connectivity index (χ4n) is 1.58. The Labute approximate surface area is 100 Å². The molecule has 1 saturated carbocycles. The van der Waals surface area contributed by atoms with Gasteiger partial charge in [-0.05, 0) is 37.0 Å². The van der Waals surface area contributed by atoms with Crippen LogP contribution in [0.1, 0.15) is 23.2 Å². The van der Waals surface area contributed by atoms with Crippen molar-refractivity contribution in [2.45, 2.75) is 12.8 Å². The van der Waals surface area contributed by atoms with Crippen molar-refractivity contribution in [2.24, 2.45) is 5.92 Å². The maximum atomic E-state index is 11.9. The largest absolute Gasteiger partial charge is 0.387 e. The summed E-state index contributed by atoms with van der Waals surface area (Å²) in [5.41, 5.74) is 1.41. The number of hydrogen-bond acceptors (Lipinski definition) is 2. The molecule has 0 atom stereocenters. The molecule has 4 heteroatoms. The van der Waals surface area contributed by atoms with Gasteiger partial charge in [0.2, 0.25) is 0 Å². The summed E-state index contributed by atoms with van der Waals surface area (Å²) in [5.74, 6) is 0.625. The minimum absolute atomic E-state index is 0.0567. The number of amides is 1. The van der Waals surface area contributed by atoms with Gasteiger partial charge in [0.05, 0.1) is 5.56 Å². The Hall–Kier alpha value is -1.22. The topological polar surface area (TPSA) is 41.1 Å². The first-order chi connectivity index (χ1) is 7.70. The van der Waals surface area contributed by atoms with E-state index in [0.717, 1.165) is 12.2 Å². The van der Waals surface area contributed by atoms with Crippen molar-refractivity contribution in [1.82, 2.24) is 5.32 Å². The maximum absolute atomic E-state index is 11.9. The summed E-state index contributed by atoms with van der Waals surface area (Å²) >= 11 is 5.89. The van der Waals surface area contributed by atoms with Gasteiger partial charge in [-0.1, -0.05) is 11.6 Å². The van der Waals surface area contributed by atoms with E-state index in [-0.39, 0.29) is 5.91 Å². The quantitative estimate of drug-likeness (QED) is 0.847. The zero-order valence-corrected chi connectivity index (χ0v) is 9.97. The van der Waals surface area contributed by atoms with E-state index in [0.29, 0.717) is 16.5 Å². The van der Waals surface area contributed by atoms with Crippen LogP contribution in [0.4, 0.5) is 5.69 Å². The molecule has 1 aromatic rings. The molecule has 0 unspecified atom stereocenters. The van der Waals surface area contributed by atoms with Crippen molar-refractivity contribution in [2.75, 3.05) is 18.9 Å². The number of halogens is 1. The number of anilines is 1. The van der Waals surface area contributed by atoms with Crippen LogP contribution < -0.4 is 10.6 Å². The summed E-state index contributed by atoms with van der Waals surface area (Å²) in [6.45, 7) is 0.772. The number of nitrogens with one attached hydrogen (secondary N) is 2. The Morgan fingerprint density at radius 2 is 2.25 bits per heavy atom. The minimum Gasteiger partial charge on any atom is -0.387 e. The zero-order chi connectivity index (χ0) is 11.5. The van der Waals surface area contributed by atoms with E-state index in [9.17, 15) is 4.79 Å². The summed E-state index contributed by atoms with van der Waals surface area (Å²) in [7, 11) is 1.79. The lowest BCUT2D eigenvalue weighted by molar-refractivity contribution is 0.0952. The summed E-state index contributed by atoms with van der Waals surface area (Å²) in [6.07, 6.45) is 2.46. The third-order valence-electron chi connectivity index (χ3n) is 2.74. The van der Waals surface area contributed by atoms with Gasteiger partial charge in [-0.3, -0.25) is 4.79 Å². The van der Waals surface area contributed by atoms with Gasteiger partial charge in [0.25, 0.3) is 5.91 Å². The molecule has 1 aliphatic rings. The van der Waals surface area contributed by atoms with Gasteiger partial charge in [-0.15, -0.1) is 0 Å². The fourth-order valence-corrected chi connectivity index (χ4v) is 1.75. The third kappa shape index (κ3) is 2.67.